The molecule has 3 nitrogen and oxygen atoms in total. The van der Waals surface area contributed by atoms with E-state index < -0.39 is 6.67 Å². The Bertz CT molecular complexity index is 317. The van der Waals surface area contributed by atoms with Gasteiger partial charge in [-0.2, -0.15) is 0 Å². The van der Waals surface area contributed by atoms with Crippen molar-refractivity contribution in [2.75, 3.05) is 20.9 Å². The zero-order valence-electron chi connectivity index (χ0n) is 9.00. The Morgan fingerprint density at radius 2 is 2.07 bits per heavy atom. The summed E-state index contributed by atoms with van der Waals surface area (Å²) in [5, 5.41) is 0. The van der Waals surface area contributed by atoms with Crippen molar-refractivity contribution < 1.29 is 13.9 Å². The first-order valence-electron chi connectivity index (χ1n) is 4.76. The minimum Gasteiger partial charge on any atom is -0.497 e. The Morgan fingerprint density at radius 1 is 1.33 bits per heavy atom. The molecule has 2 N–H and O–H groups in total. The van der Waals surface area contributed by atoms with Crippen molar-refractivity contribution >= 4 is 0 Å². The van der Waals surface area contributed by atoms with Gasteiger partial charge in [0, 0.05) is 11.6 Å². The van der Waals surface area contributed by atoms with Gasteiger partial charge in [0.2, 0.25) is 0 Å². The molecule has 0 amide bonds. The van der Waals surface area contributed by atoms with E-state index >= 15 is 0 Å². The van der Waals surface area contributed by atoms with Crippen molar-refractivity contribution in [1.29, 1.82) is 0 Å². The van der Waals surface area contributed by atoms with Crippen LogP contribution in [0.5, 0.6) is 11.5 Å². The summed E-state index contributed by atoms with van der Waals surface area (Å²) in [5.41, 5.74) is 6.60. The topological polar surface area (TPSA) is 44.5 Å². The SMILES string of the molecule is COc1ccc(OC)c([C@@H](N)CCF)c1. The normalized spacial score (nSPS) is 12.3. The van der Waals surface area contributed by atoms with Crippen LogP contribution in [0, 0.1) is 0 Å². The molecule has 0 saturated heterocycles. The first-order valence-corrected chi connectivity index (χ1v) is 4.76. The highest BCUT2D eigenvalue weighted by molar-refractivity contribution is 5.42. The highest BCUT2D eigenvalue weighted by Crippen LogP contribution is 2.29. The third-order valence-corrected chi connectivity index (χ3v) is 2.26. The number of hydrogen-bond acceptors (Lipinski definition) is 3. The Balaban J connectivity index is 3.00. The van der Waals surface area contributed by atoms with Gasteiger partial charge in [0.1, 0.15) is 11.5 Å². The molecular weight excluding hydrogens is 197 g/mol. The average Bonchev–Trinajstić information content (AvgIpc) is 2.28. The third-order valence-electron chi connectivity index (χ3n) is 2.26. The fourth-order valence-electron chi connectivity index (χ4n) is 1.40. The molecule has 0 aliphatic heterocycles. The van der Waals surface area contributed by atoms with Gasteiger partial charge in [-0.25, -0.2) is 0 Å². The van der Waals surface area contributed by atoms with Crippen LogP contribution in [0.2, 0.25) is 0 Å². The minimum atomic E-state index is -0.443. The van der Waals surface area contributed by atoms with E-state index in [0.717, 1.165) is 5.56 Å². The second-order valence-electron chi connectivity index (χ2n) is 3.19. The van der Waals surface area contributed by atoms with Gasteiger partial charge in [-0.1, -0.05) is 0 Å². The lowest BCUT2D eigenvalue weighted by Gasteiger charge is -2.15. The molecule has 0 spiro atoms. The highest BCUT2D eigenvalue weighted by Gasteiger charge is 2.12. The van der Waals surface area contributed by atoms with Crippen LogP contribution in [0.3, 0.4) is 0 Å². The van der Waals surface area contributed by atoms with Gasteiger partial charge in [-0.15, -0.1) is 0 Å². The summed E-state index contributed by atoms with van der Waals surface area (Å²) in [6, 6.07) is 4.97. The maximum absolute atomic E-state index is 12.2. The first kappa shape index (κ1) is 11.8. The third kappa shape index (κ3) is 2.83. The van der Waals surface area contributed by atoms with Gasteiger partial charge in [0.15, 0.2) is 0 Å². The molecule has 1 atom stereocenters. The molecule has 0 aliphatic rings. The molecule has 0 unspecified atom stereocenters. The van der Waals surface area contributed by atoms with Crippen LogP contribution in [0.25, 0.3) is 0 Å². The molecule has 0 aliphatic carbocycles. The second-order valence-corrected chi connectivity index (χ2v) is 3.19. The fourth-order valence-corrected chi connectivity index (χ4v) is 1.40. The van der Waals surface area contributed by atoms with Gasteiger partial charge < -0.3 is 15.2 Å². The molecular formula is C11H16FNO2. The summed E-state index contributed by atoms with van der Waals surface area (Å²) in [6.45, 7) is -0.443. The van der Waals surface area contributed by atoms with Crippen LogP contribution in [0.1, 0.15) is 18.0 Å². The molecule has 84 valence electrons. The van der Waals surface area contributed by atoms with E-state index in [2.05, 4.69) is 0 Å². The average molecular weight is 213 g/mol. The largest absolute Gasteiger partial charge is 0.497 e. The summed E-state index contributed by atoms with van der Waals surface area (Å²) < 4.78 is 22.4. The summed E-state index contributed by atoms with van der Waals surface area (Å²) in [5.74, 6) is 1.36. The van der Waals surface area contributed by atoms with Crippen LogP contribution in [0.4, 0.5) is 4.39 Å². The molecule has 0 bridgehead atoms. The molecule has 15 heavy (non-hydrogen) atoms. The van der Waals surface area contributed by atoms with Crippen LogP contribution in [-0.4, -0.2) is 20.9 Å². The van der Waals surface area contributed by atoms with Crippen molar-refractivity contribution in [3.63, 3.8) is 0 Å². The van der Waals surface area contributed by atoms with Crippen molar-refractivity contribution in [2.45, 2.75) is 12.5 Å². The predicted molar refractivity (Wildman–Crippen MR) is 57.1 cm³/mol. The van der Waals surface area contributed by atoms with Gasteiger partial charge >= 0.3 is 0 Å². The Kier molecular flexibility index (Phi) is 4.37. The molecule has 0 heterocycles. The molecule has 0 radical (unpaired) electrons. The van der Waals surface area contributed by atoms with E-state index in [1.165, 1.54) is 0 Å². The quantitative estimate of drug-likeness (QED) is 0.814. The molecule has 0 fully saturated rings. The molecule has 1 aromatic rings. The lowest BCUT2D eigenvalue weighted by atomic mass is 10.0. The monoisotopic (exact) mass is 213 g/mol. The number of alkyl halides is 1. The lowest BCUT2D eigenvalue weighted by molar-refractivity contribution is 0.387. The van der Waals surface area contributed by atoms with Crippen LogP contribution < -0.4 is 15.2 Å². The molecule has 4 heteroatoms. The zero-order chi connectivity index (χ0) is 11.3. The van der Waals surface area contributed by atoms with E-state index in [1.54, 1.807) is 32.4 Å². The Hall–Kier alpha value is -1.29. The summed E-state index contributed by atoms with van der Waals surface area (Å²) in [7, 11) is 3.14. The predicted octanol–water partition coefficient (Wildman–Crippen LogP) is 2.06. The number of rotatable bonds is 5. The van der Waals surface area contributed by atoms with Crippen molar-refractivity contribution in [3.05, 3.63) is 23.8 Å². The molecule has 0 saturated carbocycles. The number of benzene rings is 1. The van der Waals surface area contributed by atoms with E-state index in [9.17, 15) is 4.39 Å². The number of nitrogens with two attached hydrogens (primary N) is 1. The molecule has 1 rings (SSSR count). The van der Waals surface area contributed by atoms with Gasteiger partial charge in [-0.05, 0) is 24.6 Å². The van der Waals surface area contributed by atoms with E-state index in [-0.39, 0.29) is 12.5 Å². The highest BCUT2D eigenvalue weighted by atomic mass is 19.1. The lowest BCUT2D eigenvalue weighted by Crippen LogP contribution is -2.12. The molecule has 1 aromatic carbocycles. The van der Waals surface area contributed by atoms with Crippen LogP contribution >= 0.6 is 0 Å². The van der Waals surface area contributed by atoms with Crippen LogP contribution in [0.15, 0.2) is 18.2 Å². The Morgan fingerprint density at radius 3 is 2.60 bits per heavy atom. The van der Waals surface area contributed by atoms with Gasteiger partial charge in [0.05, 0.1) is 20.9 Å². The second kappa shape index (κ2) is 5.56. The first-order chi connectivity index (χ1) is 7.22. The summed E-state index contributed by atoms with van der Waals surface area (Å²) >= 11 is 0. The van der Waals surface area contributed by atoms with Crippen LogP contribution in [-0.2, 0) is 0 Å². The number of hydrogen-bond donors (Lipinski definition) is 1. The summed E-state index contributed by atoms with van der Waals surface area (Å²) in [6.07, 6.45) is 0.281. The van der Waals surface area contributed by atoms with E-state index in [4.69, 9.17) is 15.2 Å². The number of methoxy groups -OCH3 is 2. The van der Waals surface area contributed by atoms with Gasteiger partial charge in [-0.3, -0.25) is 4.39 Å². The number of halogens is 1. The maximum Gasteiger partial charge on any atom is 0.123 e. The smallest absolute Gasteiger partial charge is 0.123 e. The van der Waals surface area contributed by atoms with Crippen molar-refractivity contribution in [2.24, 2.45) is 5.73 Å². The Labute approximate surface area is 89.0 Å². The summed E-state index contributed by atoms with van der Waals surface area (Å²) in [4.78, 5) is 0. The van der Waals surface area contributed by atoms with Gasteiger partial charge in [0.25, 0.3) is 0 Å². The van der Waals surface area contributed by atoms with E-state index in [1.807, 2.05) is 0 Å². The van der Waals surface area contributed by atoms with E-state index in [0.29, 0.717) is 11.5 Å². The maximum atomic E-state index is 12.2. The fraction of sp³-hybridized carbons (Fsp3) is 0.455. The standard InChI is InChI=1S/C11H16FNO2/c1-14-8-3-4-11(15-2)9(7-8)10(13)5-6-12/h3-4,7,10H,5-6,13H2,1-2H3/t10-/m0/s1. The minimum absolute atomic E-state index is 0.281. The number of ether oxygens (including phenoxy) is 2. The molecule has 0 aromatic heterocycles. The van der Waals surface area contributed by atoms with Crippen molar-refractivity contribution in [1.82, 2.24) is 0 Å². The van der Waals surface area contributed by atoms with Crippen molar-refractivity contribution in [3.8, 4) is 11.5 Å². The zero-order valence-corrected chi connectivity index (χ0v) is 9.00.